The average Bonchev–Trinajstić information content (AvgIpc) is 3.35. The molecule has 9 heteroatoms. The normalized spacial score (nSPS) is 29.2. The van der Waals surface area contributed by atoms with Crippen LogP contribution in [0.25, 0.3) is 0 Å². The summed E-state index contributed by atoms with van der Waals surface area (Å²) in [5.74, 6) is 0.847. The number of aromatic hydroxyl groups is 1. The van der Waals surface area contributed by atoms with Gasteiger partial charge in [-0.25, -0.2) is 4.98 Å². The molecule has 2 unspecified atom stereocenters. The van der Waals surface area contributed by atoms with E-state index in [1.165, 1.54) is 6.20 Å². The molecule has 1 saturated carbocycles. The van der Waals surface area contributed by atoms with E-state index in [0.717, 1.165) is 37.0 Å². The first-order valence-electron chi connectivity index (χ1n) is 11.8. The molecule has 182 valence electrons. The Morgan fingerprint density at radius 1 is 1.21 bits per heavy atom. The van der Waals surface area contributed by atoms with E-state index in [4.69, 9.17) is 0 Å². The zero-order valence-electron chi connectivity index (χ0n) is 19.1. The minimum Gasteiger partial charge on any atom is -0.508 e. The molecule has 1 aliphatic carbocycles. The van der Waals surface area contributed by atoms with Crippen LogP contribution < -0.4 is 10.2 Å². The predicted octanol–water partition coefficient (Wildman–Crippen LogP) is 3.80. The van der Waals surface area contributed by atoms with Crippen molar-refractivity contribution in [1.82, 2.24) is 15.2 Å². The van der Waals surface area contributed by atoms with Crippen LogP contribution in [-0.4, -0.2) is 52.6 Å². The Morgan fingerprint density at radius 2 is 1.97 bits per heavy atom. The van der Waals surface area contributed by atoms with Gasteiger partial charge in [-0.1, -0.05) is 19.1 Å². The smallest absolute Gasteiger partial charge is 0.416 e. The number of carbonyl (C=O) groups excluding carboxylic acids is 1. The summed E-state index contributed by atoms with van der Waals surface area (Å²) in [6, 6.07) is 9.38. The second-order valence-corrected chi connectivity index (χ2v) is 9.84. The van der Waals surface area contributed by atoms with Crippen LogP contribution in [0.1, 0.15) is 37.3 Å². The second-order valence-electron chi connectivity index (χ2n) is 9.84. The lowest BCUT2D eigenvalue weighted by molar-refractivity contribution is -0.138. The Kier molecular flexibility index (Phi) is 5.70. The summed E-state index contributed by atoms with van der Waals surface area (Å²) in [4.78, 5) is 21.6. The number of nitrogens with zero attached hydrogens (tertiary/aromatic N) is 3. The SMILES string of the molecule is CC1C2CN(c3cc(C(F)(F)F)ccn3)CCN2C(=O)[C@]12CC[C@@H](NCc1ccc(O)cc1)C2. The number of hydrogen-bond donors (Lipinski definition) is 2. The molecule has 5 rings (SSSR count). The van der Waals surface area contributed by atoms with E-state index in [1.54, 1.807) is 12.1 Å². The molecular weight excluding hydrogens is 445 g/mol. The van der Waals surface area contributed by atoms with Gasteiger partial charge in [-0.3, -0.25) is 4.79 Å². The van der Waals surface area contributed by atoms with E-state index >= 15 is 0 Å². The first kappa shape index (κ1) is 23.0. The number of anilines is 1. The number of halogens is 3. The number of alkyl halides is 3. The lowest BCUT2D eigenvalue weighted by Crippen LogP contribution is -2.53. The maximum atomic E-state index is 13.5. The molecule has 3 fully saturated rings. The number of rotatable bonds is 4. The molecule has 2 saturated heterocycles. The van der Waals surface area contributed by atoms with Gasteiger partial charge in [0.15, 0.2) is 0 Å². The minimum absolute atomic E-state index is 0.0339. The molecule has 1 spiro atoms. The lowest BCUT2D eigenvalue weighted by Gasteiger charge is -2.39. The molecule has 34 heavy (non-hydrogen) atoms. The highest BCUT2D eigenvalue weighted by Crippen LogP contribution is 2.53. The van der Waals surface area contributed by atoms with Crippen molar-refractivity contribution < 1.29 is 23.1 Å². The standard InChI is InChI=1S/C25H29F3N4O2/c1-16-21-15-31(22-12-18(7-9-29-22)25(26,27)28)10-11-32(21)23(34)24(16)8-6-19(13-24)30-14-17-2-4-20(33)5-3-17/h2-5,7,9,12,16,19,21,30,33H,6,8,10-11,13-15H2,1H3/t16?,19-,21?,24+/m1/s1. The molecule has 1 aromatic carbocycles. The first-order chi connectivity index (χ1) is 16.2. The topological polar surface area (TPSA) is 68.7 Å². The largest absolute Gasteiger partial charge is 0.508 e. The third kappa shape index (κ3) is 4.00. The molecular formula is C25H29F3N4O2. The Hall–Kier alpha value is -2.81. The fourth-order valence-corrected chi connectivity index (χ4v) is 6.05. The minimum atomic E-state index is -4.41. The molecule has 1 amide bonds. The van der Waals surface area contributed by atoms with Gasteiger partial charge >= 0.3 is 6.18 Å². The molecule has 0 bridgehead atoms. The summed E-state index contributed by atoms with van der Waals surface area (Å²) in [6.07, 6.45) is -0.717. The van der Waals surface area contributed by atoms with Crippen molar-refractivity contribution in [2.24, 2.45) is 11.3 Å². The summed E-state index contributed by atoms with van der Waals surface area (Å²) < 4.78 is 39.5. The van der Waals surface area contributed by atoms with Crippen molar-refractivity contribution >= 4 is 11.7 Å². The van der Waals surface area contributed by atoms with E-state index in [9.17, 15) is 23.1 Å². The number of phenolic OH excluding ortho intramolecular Hbond substituents is 1. The van der Waals surface area contributed by atoms with Crippen LogP contribution in [0, 0.1) is 11.3 Å². The highest BCUT2D eigenvalue weighted by Gasteiger charge is 2.60. The maximum absolute atomic E-state index is 13.5. The van der Waals surface area contributed by atoms with E-state index in [2.05, 4.69) is 17.2 Å². The molecule has 4 atom stereocenters. The predicted molar refractivity (Wildman–Crippen MR) is 121 cm³/mol. The van der Waals surface area contributed by atoms with E-state index in [1.807, 2.05) is 21.9 Å². The fourth-order valence-electron chi connectivity index (χ4n) is 6.05. The monoisotopic (exact) mass is 474 g/mol. The number of hydrogen-bond acceptors (Lipinski definition) is 5. The van der Waals surface area contributed by atoms with Crippen molar-refractivity contribution in [3.8, 4) is 5.75 Å². The van der Waals surface area contributed by atoms with Crippen molar-refractivity contribution in [2.75, 3.05) is 24.5 Å². The summed E-state index contributed by atoms with van der Waals surface area (Å²) in [5, 5.41) is 13.0. The summed E-state index contributed by atoms with van der Waals surface area (Å²) in [7, 11) is 0. The molecule has 2 aliphatic heterocycles. The number of fused-ring (bicyclic) bond motifs is 1. The molecule has 6 nitrogen and oxygen atoms in total. The quantitative estimate of drug-likeness (QED) is 0.706. The highest BCUT2D eigenvalue weighted by molar-refractivity contribution is 5.87. The molecule has 1 aromatic heterocycles. The van der Waals surface area contributed by atoms with Gasteiger partial charge in [-0.2, -0.15) is 13.2 Å². The van der Waals surface area contributed by atoms with Gasteiger partial charge in [0, 0.05) is 38.4 Å². The average molecular weight is 475 g/mol. The van der Waals surface area contributed by atoms with Gasteiger partial charge < -0.3 is 20.2 Å². The number of carbonyl (C=O) groups is 1. The lowest BCUT2D eigenvalue weighted by atomic mass is 9.74. The molecule has 2 N–H and O–H groups in total. The number of piperazine rings is 1. The van der Waals surface area contributed by atoms with Gasteiger partial charge in [0.2, 0.25) is 5.91 Å². The third-order valence-electron chi connectivity index (χ3n) is 8.03. The van der Waals surface area contributed by atoms with Crippen LogP contribution in [0.15, 0.2) is 42.6 Å². The number of amides is 1. The van der Waals surface area contributed by atoms with Crippen LogP contribution in [0.5, 0.6) is 5.75 Å². The Balaban J connectivity index is 1.27. The zero-order chi connectivity index (χ0) is 24.1. The van der Waals surface area contributed by atoms with E-state index < -0.39 is 17.2 Å². The number of phenols is 1. The number of benzene rings is 1. The van der Waals surface area contributed by atoms with Crippen molar-refractivity contribution in [2.45, 2.75) is 51.0 Å². The van der Waals surface area contributed by atoms with Crippen LogP contribution >= 0.6 is 0 Å². The van der Waals surface area contributed by atoms with Crippen molar-refractivity contribution in [3.63, 3.8) is 0 Å². The summed E-state index contributed by atoms with van der Waals surface area (Å²) >= 11 is 0. The van der Waals surface area contributed by atoms with Gasteiger partial charge in [-0.05, 0) is 55.0 Å². The van der Waals surface area contributed by atoms with Crippen molar-refractivity contribution in [1.29, 1.82) is 0 Å². The van der Waals surface area contributed by atoms with Gasteiger partial charge in [0.05, 0.1) is 17.0 Å². The Morgan fingerprint density at radius 3 is 2.71 bits per heavy atom. The van der Waals surface area contributed by atoms with Gasteiger partial charge in [0.1, 0.15) is 11.6 Å². The van der Waals surface area contributed by atoms with Crippen LogP contribution in [0.4, 0.5) is 19.0 Å². The molecule has 3 aliphatic rings. The number of nitrogens with one attached hydrogen (secondary N) is 1. The maximum Gasteiger partial charge on any atom is 0.416 e. The zero-order valence-corrected chi connectivity index (χ0v) is 19.1. The second kappa shape index (κ2) is 8.45. The molecule has 3 heterocycles. The van der Waals surface area contributed by atoms with Crippen LogP contribution in [0.3, 0.4) is 0 Å². The van der Waals surface area contributed by atoms with Gasteiger partial charge in [-0.15, -0.1) is 0 Å². The summed E-state index contributed by atoms with van der Waals surface area (Å²) in [5.41, 5.74) is -0.0503. The molecule has 2 aromatic rings. The van der Waals surface area contributed by atoms with E-state index in [-0.39, 0.29) is 29.7 Å². The summed E-state index contributed by atoms with van der Waals surface area (Å²) in [6.45, 7) is 4.26. The Labute approximate surface area is 196 Å². The Bertz CT molecular complexity index is 1060. The van der Waals surface area contributed by atoms with Crippen LogP contribution in [-0.2, 0) is 17.5 Å². The number of pyridine rings is 1. The van der Waals surface area contributed by atoms with Gasteiger partial charge in [0.25, 0.3) is 0 Å². The van der Waals surface area contributed by atoms with E-state index in [0.29, 0.717) is 32.0 Å². The van der Waals surface area contributed by atoms with Crippen LogP contribution in [0.2, 0.25) is 0 Å². The fraction of sp³-hybridized carbons (Fsp3) is 0.520. The first-order valence-corrected chi connectivity index (χ1v) is 11.8. The van der Waals surface area contributed by atoms with Crippen molar-refractivity contribution in [3.05, 3.63) is 53.7 Å². The number of aromatic nitrogens is 1. The molecule has 0 radical (unpaired) electrons. The third-order valence-corrected chi connectivity index (χ3v) is 8.03. The highest BCUT2D eigenvalue weighted by atomic mass is 19.4.